The van der Waals surface area contributed by atoms with Gasteiger partial charge in [-0.2, -0.15) is 0 Å². The number of fused-ring (bicyclic) bond motifs is 2. The van der Waals surface area contributed by atoms with E-state index in [2.05, 4.69) is 42.5 Å². The van der Waals surface area contributed by atoms with E-state index in [1.165, 1.54) is 30.4 Å². The number of hydrogen-bond acceptors (Lipinski definition) is 3. The van der Waals surface area contributed by atoms with Crippen molar-refractivity contribution in [3.8, 4) is 5.75 Å². The van der Waals surface area contributed by atoms with Crippen molar-refractivity contribution in [2.45, 2.75) is 30.7 Å². The van der Waals surface area contributed by atoms with Gasteiger partial charge in [-0.1, -0.05) is 6.07 Å². The summed E-state index contributed by atoms with van der Waals surface area (Å²) in [7, 11) is 6.15. The van der Waals surface area contributed by atoms with Gasteiger partial charge in [0.25, 0.3) is 0 Å². The topological polar surface area (TPSA) is 24.5 Å². The van der Waals surface area contributed by atoms with E-state index in [0.29, 0.717) is 11.5 Å². The van der Waals surface area contributed by atoms with Crippen LogP contribution in [0.2, 0.25) is 0 Å². The molecule has 1 spiro atoms. The fourth-order valence-electron chi connectivity index (χ4n) is 3.84. The van der Waals surface area contributed by atoms with Gasteiger partial charge in [0.2, 0.25) is 0 Å². The molecule has 1 aromatic carbocycles. The molecule has 1 N–H and O–H groups in total. The molecule has 0 radical (unpaired) electrons. The van der Waals surface area contributed by atoms with Gasteiger partial charge in [0.15, 0.2) is 0 Å². The minimum atomic E-state index is 0. The van der Waals surface area contributed by atoms with Gasteiger partial charge in [0, 0.05) is 6.04 Å². The Morgan fingerprint density at radius 1 is 1.25 bits per heavy atom. The zero-order valence-corrected chi connectivity index (χ0v) is 13.4. The minimum absolute atomic E-state index is 0. The monoisotopic (exact) mass is 296 g/mol. The van der Waals surface area contributed by atoms with E-state index in [-0.39, 0.29) is 12.4 Å². The van der Waals surface area contributed by atoms with Crippen molar-refractivity contribution >= 4 is 12.4 Å². The van der Waals surface area contributed by atoms with E-state index in [4.69, 9.17) is 4.74 Å². The molecule has 1 aliphatic carbocycles. The van der Waals surface area contributed by atoms with Gasteiger partial charge < -0.3 is 15.0 Å². The first kappa shape index (κ1) is 15.6. The lowest BCUT2D eigenvalue weighted by molar-refractivity contribution is 0.223. The predicted molar refractivity (Wildman–Crippen MR) is 85.1 cm³/mol. The van der Waals surface area contributed by atoms with Crippen LogP contribution in [0.25, 0.3) is 0 Å². The predicted octanol–water partition coefficient (Wildman–Crippen LogP) is 2.74. The summed E-state index contributed by atoms with van der Waals surface area (Å²) in [4.78, 5) is 2.36. The van der Waals surface area contributed by atoms with Crippen LogP contribution >= 0.6 is 12.4 Å². The lowest BCUT2D eigenvalue weighted by atomic mass is 9.74. The molecule has 1 aromatic rings. The maximum atomic E-state index is 5.44. The van der Waals surface area contributed by atoms with Crippen molar-refractivity contribution in [2.24, 2.45) is 0 Å². The zero-order chi connectivity index (χ0) is 13.5. The number of ether oxygens (including phenoxy) is 1. The summed E-state index contributed by atoms with van der Waals surface area (Å²) in [5, 5.41) is 3.49. The molecular weight excluding hydrogens is 272 g/mol. The molecule has 1 unspecified atom stereocenters. The molecule has 1 atom stereocenters. The Bertz CT molecular complexity index is 470. The molecule has 112 valence electrons. The van der Waals surface area contributed by atoms with E-state index in [9.17, 15) is 0 Å². The Hall–Kier alpha value is -0.770. The van der Waals surface area contributed by atoms with Crippen molar-refractivity contribution in [3.05, 3.63) is 29.3 Å². The number of piperidine rings is 1. The maximum absolute atomic E-state index is 5.44. The smallest absolute Gasteiger partial charge is 0.119 e. The summed E-state index contributed by atoms with van der Waals surface area (Å²) in [5.41, 5.74) is 3.41. The molecule has 0 amide bonds. The van der Waals surface area contributed by atoms with E-state index in [1.54, 1.807) is 7.11 Å². The van der Waals surface area contributed by atoms with Crippen molar-refractivity contribution in [3.63, 3.8) is 0 Å². The van der Waals surface area contributed by atoms with E-state index < -0.39 is 0 Å². The third kappa shape index (κ3) is 2.43. The Balaban J connectivity index is 0.00000147. The van der Waals surface area contributed by atoms with Crippen molar-refractivity contribution < 1.29 is 4.74 Å². The number of hydrogen-bond donors (Lipinski definition) is 1. The number of benzene rings is 1. The van der Waals surface area contributed by atoms with Crippen LogP contribution in [-0.2, 0) is 5.41 Å². The van der Waals surface area contributed by atoms with Gasteiger partial charge in [0.1, 0.15) is 5.75 Å². The summed E-state index contributed by atoms with van der Waals surface area (Å²) < 4.78 is 5.44. The van der Waals surface area contributed by atoms with Gasteiger partial charge in [-0.05, 0) is 75.1 Å². The second-order valence-corrected chi connectivity index (χ2v) is 6.17. The van der Waals surface area contributed by atoms with Crippen LogP contribution in [0.5, 0.6) is 5.75 Å². The quantitative estimate of drug-likeness (QED) is 0.908. The lowest BCUT2D eigenvalue weighted by Crippen LogP contribution is -2.39. The maximum Gasteiger partial charge on any atom is 0.119 e. The average molecular weight is 297 g/mol. The summed E-state index contributed by atoms with van der Waals surface area (Å²) in [6.07, 6.45) is 3.75. The normalized spacial score (nSPS) is 23.5. The van der Waals surface area contributed by atoms with Crippen LogP contribution in [0.15, 0.2) is 18.2 Å². The van der Waals surface area contributed by atoms with Crippen LogP contribution in [0.4, 0.5) is 0 Å². The molecule has 20 heavy (non-hydrogen) atoms. The van der Waals surface area contributed by atoms with Crippen molar-refractivity contribution in [1.29, 1.82) is 0 Å². The zero-order valence-electron chi connectivity index (χ0n) is 12.6. The third-order valence-electron chi connectivity index (χ3n) is 4.96. The highest BCUT2D eigenvalue weighted by atomic mass is 35.5. The third-order valence-corrected chi connectivity index (χ3v) is 4.96. The second kappa shape index (κ2) is 5.92. The number of methoxy groups -OCH3 is 1. The molecule has 0 aromatic heterocycles. The van der Waals surface area contributed by atoms with E-state index in [1.807, 2.05) is 0 Å². The number of nitrogens with one attached hydrogen (secondary N) is 1. The van der Waals surface area contributed by atoms with Crippen molar-refractivity contribution in [1.82, 2.24) is 10.2 Å². The molecule has 0 bridgehead atoms. The van der Waals surface area contributed by atoms with Gasteiger partial charge in [0.05, 0.1) is 7.11 Å². The molecule has 2 aliphatic rings. The number of halogens is 1. The number of nitrogens with zero attached hydrogens (tertiary/aromatic N) is 1. The van der Waals surface area contributed by atoms with Gasteiger partial charge in [-0.25, -0.2) is 0 Å². The summed E-state index contributed by atoms with van der Waals surface area (Å²) in [5.74, 6) is 0.996. The SMILES string of the molecule is COc1ccc2c(c1)C1(CCNCC1)CC2N(C)C.Cl. The lowest BCUT2D eigenvalue weighted by Gasteiger charge is -2.35. The molecular formula is C16H25ClN2O. The number of rotatable bonds is 2. The van der Waals surface area contributed by atoms with E-state index >= 15 is 0 Å². The first-order chi connectivity index (χ1) is 9.16. The van der Waals surface area contributed by atoms with Gasteiger partial charge in [-0.15, -0.1) is 12.4 Å². The van der Waals surface area contributed by atoms with Crippen molar-refractivity contribution in [2.75, 3.05) is 34.3 Å². The molecule has 1 fully saturated rings. The Kier molecular flexibility index (Phi) is 4.62. The first-order valence-corrected chi connectivity index (χ1v) is 7.22. The largest absolute Gasteiger partial charge is 0.497 e. The standard InChI is InChI=1S/C16H24N2O.ClH/c1-18(2)15-11-16(6-8-17-9-7-16)14-10-12(19-3)4-5-13(14)15;/h4-5,10,15,17H,6-9,11H2,1-3H3;1H. The molecule has 3 nitrogen and oxygen atoms in total. The molecule has 4 heteroatoms. The Morgan fingerprint density at radius 2 is 1.95 bits per heavy atom. The Morgan fingerprint density at radius 3 is 2.55 bits per heavy atom. The van der Waals surface area contributed by atoms with Crippen LogP contribution in [0.3, 0.4) is 0 Å². The highest BCUT2D eigenvalue weighted by Gasteiger charge is 2.45. The highest BCUT2D eigenvalue weighted by molar-refractivity contribution is 5.85. The van der Waals surface area contributed by atoms with Crippen LogP contribution in [0.1, 0.15) is 36.4 Å². The highest BCUT2D eigenvalue weighted by Crippen LogP contribution is 2.52. The summed E-state index contributed by atoms with van der Waals surface area (Å²) in [6, 6.07) is 7.22. The molecule has 1 heterocycles. The summed E-state index contributed by atoms with van der Waals surface area (Å²) in [6.45, 7) is 2.27. The van der Waals surface area contributed by atoms with E-state index in [0.717, 1.165) is 18.8 Å². The second-order valence-electron chi connectivity index (χ2n) is 6.17. The molecule has 1 saturated heterocycles. The van der Waals surface area contributed by atoms with Crippen LogP contribution in [0, 0.1) is 0 Å². The molecule has 1 aliphatic heterocycles. The van der Waals surface area contributed by atoms with Crippen LogP contribution in [-0.4, -0.2) is 39.2 Å². The fraction of sp³-hybridized carbons (Fsp3) is 0.625. The Labute approximate surface area is 128 Å². The van der Waals surface area contributed by atoms with Gasteiger partial charge >= 0.3 is 0 Å². The molecule has 0 saturated carbocycles. The first-order valence-electron chi connectivity index (χ1n) is 7.22. The van der Waals surface area contributed by atoms with Gasteiger partial charge in [-0.3, -0.25) is 0 Å². The fourth-order valence-corrected chi connectivity index (χ4v) is 3.84. The average Bonchev–Trinajstić information content (AvgIpc) is 2.74. The summed E-state index contributed by atoms with van der Waals surface area (Å²) >= 11 is 0. The molecule has 3 rings (SSSR count). The minimum Gasteiger partial charge on any atom is -0.497 e. The van der Waals surface area contributed by atoms with Crippen LogP contribution < -0.4 is 10.1 Å².